The van der Waals surface area contributed by atoms with Crippen molar-refractivity contribution in [1.82, 2.24) is 15.1 Å². The Morgan fingerprint density at radius 1 is 0.971 bits per heavy atom. The quantitative estimate of drug-likeness (QED) is 0.319. The van der Waals surface area contributed by atoms with Crippen LogP contribution in [0.2, 0.25) is 0 Å². The van der Waals surface area contributed by atoms with Crippen molar-refractivity contribution in [3.8, 4) is 17.0 Å². The minimum atomic E-state index is -0.234. The van der Waals surface area contributed by atoms with Crippen molar-refractivity contribution in [2.75, 3.05) is 6.61 Å². The van der Waals surface area contributed by atoms with Gasteiger partial charge < -0.3 is 9.64 Å². The number of aromatic amines is 1. The van der Waals surface area contributed by atoms with Crippen LogP contribution in [-0.4, -0.2) is 27.6 Å². The summed E-state index contributed by atoms with van der Waals surface area (Å²) in [4.78, 5) is 15.5. The largest absolute Gasteiger partial charge is 0.494 e. The summed E-state index contributed by atoms with van der Waals surface area (Å²) in [6, 6.07) is 26.3. The van der Waals surface area contributed by atoms with Gasteiger partial charge in [-0.2, -0.15) is 5.10 Å². The molecule has 0 bridgehead atoms. The van der Waals surface area contributed by atoms with Crippen LogP contribution in [0.1, 0.15) is 58.5 Å². The zero-order chi connectivity index (χ0) is 23.5. The molecule has 1 aromatic heterocycles. The summed E-state index contributed by atoms with van der Waals surface area (Å²) < 4.78 is 5.87. The zero-order valence-electron chi connectivity index (χ0n) is 19.6. The van der Waals surface area contributed by atoms with E-state index in [2.05, 4.69) is 60.4 Å². The monoisotopic (exact) mass is 451 g/mol. The fourth-order valence-electron chi connectivity index (χ4n) is 4.49. The Kier molecular flexibility index (Phi) is 6.17. The first kappa shape index (κ1) is 22.0. The Labute approximate surface area is 200 Å². The molecule has 1 N–H and O–H groups in total. The Morgan fingerprint density at radius 3 is 2.41 bits per heavy atom. The average molecular weight is 452 g/mol. The van der Waals surface area contributed by atoms with E-state index in [0.29, 0.717) is 18.8 Å². The van der Waals surface area contributed by atoms with Crippen LogP contribution in [-0.2, 0) is 6.54 Å². The molecule has 5 rings (SSSR count). The Morgan fingerprint density at radius 2 is 1.71 bits per heavy atom. The zero-order valence-corrected chi connectivity index (χ0v) is 19.6. The number of amides is 1. The van der Waals surface area contributed by atoms with E-state index in [1.807, 2.05) is 47.4 Å². The topological polar surface area (TPSA) is 58.2 Å². The van der Waals surface area contributed by atoms with Gasteiger partial charge >= 0.3 is 0 Å². The summed E-state index contributed by atoms with van der Waals surface area (Å²) in [7, 11) is 0. The summed E-state index contributed by atoms with van der Waals surface area (Å²) in [6.07, 6.45) is 2.13. The van der Waals surface area contributed by atoms with Crippen LogP contribution in [0.25, 0.3) is 11.3 Å². The van der Waals surface area contributed by atoms with Crippen molar-refractivity contribution in [1.29, 1.82) is 0 Å². The number of hydrogen-bond donors (Lipinski definition) is 1. The maximum Gasteiger partial charge on any atom is 0.273 e. The molecule has 5 heteroatoms. The Balaban J connectivity index is 1.54. The molecule has 0 spiro atoms. The lowest BCUT2D eigenvalue weighted by atomic mass is 9.96. The molecule has 0 fully saturated rings. The Hall–Kier alpha value is -3.86. The van der Waals surface area contributed by atoms with Crippen LogP contribution in [0.15, 0.2) is 78.9 Å². The van der Waals surface area contributed by atoms with E-state index < -0.39 is 0 Å². The van der Waals surface area contributed by atoms with Gasteiger partial charge in [-0.05, 0) is 36.6 Å². The first-order valence-electron chi connectivity index (χ1n) is 11.9. The van der Waals surface area contributed by atoms with Gasteiger partial charge in [0.05, 0.1) is 18.3 Å². The van der Waals surface area contributed by atoms with E-state index in [9.17, 15) is 4.79 Å². The second-order valence-electron chi connectivity index (χ2n) is 8.82. The lowest BCUT2D eigenvalue weighted by Crippen LogP contribution is -2.29. The van der Waals surface area contributed by atoms with E-state index >= 15 is 0 Å². The fraction of sp³-hybridized carbons (Fsp3) is 0.241. The highest BCUT2D eigenvalue weighted by molar-refractivity contribution is 6.00. The summed E-state index contributed by atoms with van der Waals surface area (Å²) in [6.45, 7) is 5.45. The van der Waals surface area contributed by atoms with Crippen molar-refractivity contribution in [3.63, 3.8) is 0 Å². The second-order valence-corrected chi connectivity index (χ2v) is 8.82. The summed E-state index contributed by atoms with van der Waals surface area (Å²) in [5.74, 6) is 0.820. The first-order valence-corrected chi connectivity index (χ1v) is 11.9. The molecule has 1 unspecified atom stereocenters. The SMILES string of the molecule is CCCCOc1ccc(C2c3c(-c4ccccc4)n[nH]c3C(=O)N2Cc2ccc(C)cc2)cc1. The molecule has 1 aliphatic heterocycles. The number of unbranched alkanes of at least 4 members (excludes halogenated alkanes) is 1. The molecular formula is C29H29N3O2. The maximum atomic E-state index is 13.6. The standard InChI is InChI=1S/C29H29N3O2/c1-3-4-18-34-24-16-14-23(15-17-24)28-25-26(22-8-6-5-7-9-22)30-31-27(25)29(33)32(28)19-21-12-10-20(2)11-13-21/h5-17,28H,3-4,18-19H2,1-2H3,(H,30,31). The number of nitrogens with zero attached hydrogens (tertiary/aromatic N) is 2. The second kappa shape index (κ2) is 9.56. The number of H-pyrrole nitrogens is 1. The molecule has 172 valence electrons. The van der Waals surface area contributed by atoms with Gasteiger partial charge in [0.2, 0.25) is 0 Å². The maximum absolute atomic E-state index is 13.6. The number of aryl methyl sites for hydroxylation is 1. The molecule has 1 amide bonds. The van der Waals surface area contributed by atoms with Gasteiger partial charge in [0, 0.05) is 17.7 Å². The molecule has 4 aromatic rings. The van der Waals surface area contributed by atoms with E-state index in [-0.39, 0.29) is 11.9 Å². The van der Waals surface area contributed by atoms with Crippen molar-refractivity contribution < 1.29 is 9.53 Å². The minimum absolute atomic E-state index is 0.0291. The predicted octanol–water partition coefficient (Wildman–Crippen LogP) is 6.31. The highest BCUT2D eigenvalue weighted by Crippen LogP contribution is 2.43. The van der Waals surface area contributed by atoms with Crippen molar-refractivity contribution in [2.45, 2.75) is 39.3 Å². The van der Waals surface area contributed by atoms with Crippen LogP contribution >= 0.6 is 0 Å². The number of aromatic nitrogens is 2. The van der Waals surface area contributed by atoms with Gasteiger partial charge in [0.15, 0.2) is 0 Å². The smallest absolute Gasteiger partial charge is 0.273 e. The number of rotatable bonds is 8. The van der Waals surface area contributed by atoms with E-state index in [1.165, 1.54) is 5.56 Å². The molecule has 3 aromatic carbocycles. The number of benzene rings is 3. The lowest BCUT2D eigenvalue weighted by Gasteiger charge is -2.27. The predicted molar refractivity (Wildman–Crippen MR) is 134 cm³/mol. The molecule has 0 saturated carbocycles. The minimum Gasteiger partial charge on any atom is -0.494 e. The fourth-order valence-corrected chi connectivity index (χ4v) is 4.49. The van der Waals surface area contributed by atoms with E-state index in [0.717, 1.165) is 46.5 Å². The molecule has 0 aliphatic carbocycles. The number of hydrogen-bond acceptors (Lipinski definition) is 3. The molecule has 1 aliphatic rings. The van der Waals surface area contributed by atoms with Gasteiger partial charge in [-0.25, -0.2) is 0 Å². The van der Waals surface area contributed by atoms with Gasteiger partial charge in [-0.3, -0.25) is 9.89 Å². The molecule has 0 saturated heterocycles. The third kappa shape index (κ3) is 4.21. The van der Waals surface area contributed by atoms with Crippen LogP contribution < -0.4 is 4.74 Å². The van der Waals surface area contributed by atoms with E-state index in [1.54, 1.807) is 0 Å². The molecule has 5 nitrogen and oxygen atoms in total. The van der Waals surface area contributed by atoms with Gasteiger partial charge in [-0.1, -0.05) is 85.6 Å². The third-order valence-corrected chi connectivity index (χ3v) is 6.35. The first-order chi connectivity index (χ1) is 16.7. The number of fused-ring (bicyclic) bond motifs is 1. The average Bonchev–Trinajstić information content (AvgIpc) is 3.41. The van der Waals surface area contributed by atoms with Crippen LogP contribution in [0.5, 0.6) is 5.75 Å². The lowest BCUT2D eigenvalue weighted by molar-refractivity contribution is 0.0730. The Bertz CT molecular complexity index is 1260. The molecule has 34 heavy (non-hydrogen) atoms. The number of carbonyl (C=O) groups excluding carboxylic acids is 1. The number of ether oxygens (including phenoxy) is 1. The third-order valence-electron chi connectivity index (χ3n) is 6.35. The molecule has 2 heterocycles. The number of carbonyl (C=O) groups is 1. The normalized spacial score (nSPS) is 14.9. The molecule has 0 radical (unpaired) electrons. The van der Waals surface area contributed by atoms with Crippen LogP contribution in [0.3, 0.4) is 0 Å². The van der Waals surface area contributed by atoms with Gasteiger partial charge in [0.1, 0.15) is 11.4 Å². The van der Waals surface area contributed by atoms with Crippen LogP contribution in [0, 0.1) is 6.92 Å². The molecular weight excluding hydrogens is 422 g/mol. The summed E-state index contributed by atoms with van der Waals surface area (Å²) in [5, 5.41) is 7.60. The van der Waals surface area contributed by atoms with Gasteiger partial charge in [-0.15, -0.1) is 0 Å². The van der Waals surface area contributed by atoms with Gasteiger partial charge in [0.25, 0.3) is 5.91 Å². The van der Waals surface area contributed by atoms with Crippen molar-refractivity contribution in [3.05, 3.63) is 107 Å². The van der Waals surface area contributed by atoms with Crippen LogP contribution in [0.4, 0.5) is 0 Å². The van der Waals surface area contributed by atoms with E-state index in [4.69, 9.17) is 4.74 Å². The van der Waals surface area contributed by atoms with Crippen molar-refractivity contribution >= 4 is 5.91 Å². The summed E-state index contributed by atoms with van der Waals surface area (Å²) in [5.41, 5.74) is 6.66. The highest BCUT2D eigenvalue weighted by Gasteiger charge is 2.42. The summed E-state index contributed by atoms with van der Waals surface area (Å²) >= 11 is 0. The number of nitrogens with one attached hydrogen (secondary N) is 1. The van der Waals surface area contributed by atoms with Crippen molar-refractivity contribution in [2.24, 2.45) is 0 Å². The molecule has 1 atom stereocenters. The highest BCUT2D eigenvalue weighted by atomic mass is 16.5.